The van der Waals surface area contributed by atoms with Gasteiger partial charge in [0.05, 0.1) is 11.7 Å². The first-order valence-electron chi connectivity index (χ1n) is 17.0. The van der Waals surface area contributed by atoms with Gasteiger partial charge < -0.3 is 31.1 Å². The molecule has 2 aromatic rings. The van der Waals surface area contributed by atoms with Gasteiger partial charge in [0.25, 0.3) is 5.91 Å². The van der Waals surface area contributed by atoms with Gasteiger partial charge in [-0.05, 0) is 61.6 Å². The number of likely N-dealkylation sites (tertiary alicyclic amines) is 1. The van der Waals surface area contributed by atoms with Crippen molar-refractivity contribution in [1.29, 1.82) is 0 Å². The maximum atomic E-state index is 13.2. The van der Waals surface area contributed by atoms with Gasteiger partial charge >= 0.3 is 12.2 Å². The number of hydrogen-bond donors (Lipinski definition) is 7. The number of carboxylic acid groups (broad SMARTS) is 2. The number of anilines is 2. The molecule has 15 heteroatoms. The monoisotopic (exact) mass is 715 g/mol. The number of rotatable bonds is 14. The number of nitrogens with one attached hydrogen (secondary N) is 5. The van der Waals surface area contributed by atoms with E-state index >= 15 is 0 Å². The summed E-state index contributed by atoms with van der Waals surface area (Å²) in [6.45, 7) is 14.3. The summed E-state index contributed by atoms with van der Waals surface area (Å²) in [4.78, 5) is 68.2. The lowest BCUT2D eigenvalue weighted by Gasteiger charge is -2.53. The van der Waals surface area contributed by atoms with Crippen molar-refractivity contribution in [2.75, 3.05) is 30.3 Å². The zero-order chi connectivity index (χ0) is 37.3. The number of amides is 5. The van der Waals surface area contributed by atoms with E-state index in [-0.39, 0.29) is 17.7 Å². The summed E-state index contributed by atoms with van der Waals surface area (Å²) >= 11 is 1.11. The van der Waals surface area contributed by atoms with Crippen LogP contribution in [-0.2, 0) is 22.4 Å². The number of nitrogens with zero attached hydrogens (tertiary/aromatic N) is 2. The zero-order valence-electron chi connectivity index (χ0n) is 30.2. The first kappa shape index (κ1) is 40.0. The molecule has 1 saturated heterocycles. The molecule has 0 aliphatic carbocycles. The van der Waals surface area contributed by atoms with E-state index in [1.165, 1.54) is 6.92 Å². The van der Waals surface area contributed by atoms with Crippen molar-refractivity contribution >= 4 is 52.1 Å². The van der Waals surface area contributed by atoms with Crippen molar-refractivity contribution in [2.24, 2.45) is 10.8 Å². The fourth-order valence-corrected chi connectivity index (χ4v) is 7.19. The number of carbonyl (C=O) groups is 5. The van der Waals surface area contributed by atoms with Crippen molar-refractivity contribution in [3.05, 3.63) is 40.4 Å². The molecular formula is C35H53N7O7S. The molecule has 0 radical (unpaired) electrons. The number of aromatic nitrogens is 1. The summed E-state index contributed by atoms with van der Waals surface area (Å²) in [7, 11) is 0. The van der Waals surface area contributed by atoms with Crippen molar-refractivity contribution in [3.63, 3.8) is 0 Å². The van der Waals surface area contributed by atoms with Gasteiger partial charge in [-0.15, -0.1) is 0 Å². The standard InChI is InChI=1S/C35H53N7O7S/c1-22(43)37-30-39-25(27(50-30)28(45)36-19-11-12-26(44)42-20-9-8-10-21-42)18-15-23-13-16-24(17-14-23)38-29(33(2,3)4)35(34(5,6)7,40-31(46)47)41-32(48)49/h13-14,16-17,29,38,40-41H,8-12,15,18-21H2,1-7H3,(H,36,45)(H,46,47)(H,48,49)(H,37,39,43). The Hall–Kier alpha value is -4.40. The van der Waals surface area contributed by atoms with Gasteiger partial charge in [-0.3, -0.25) is 25.0 Å². The Bertz CT molecular complexity index is 1490. The molecule has 1 aromatic carbocycles. The number of piperidine rings is 1. The lowest BCUT2D eigenvalue weighted by molar-refractivity contribution is -0.132. The molecule has 1 aromatic heterocycles. The molecule has 1 atom stereocenters. The highest BCUT2D eigenvalue weighted by atomic mass is 32.1. The maximum Gasteiger partial charge on any atom is 0.406 e. The lowest BCUT2D eigenvalue weighted by Crippen LogP contribution is -2.77. The smallest absolute Gasteiger partial charge is 0.406 e. The Morgan fingerprint density at radius 1 is 0.900 bits per heavy atom. The minimum Gasteiger partial charge on any atom is -0.465 e. The van der Waals surface area contributed by atoms with Gasteiger partial charge in [-0.2, -0.15) is 0 Å². The van der Waals surface area contributed by atoms with Crippen molar-refractivity contribution in [2.45, 2.75) is 105 Å². The van der Waals surface area contributed by atoms with E-state index in [1.807, 2.05) is 49.9 Å². The van der Waals surface area contributed by atoms with Crippen LogP contribution >= 0.6 is 11.3 Å². The highest BCUT2D eigenvalue weighted by molar-refractivity contribution is 7.17. The molecule has 14 nitrogen and oxygen atoms in total. The van der Waals surface area contributed by atoms with Crippen LogP contribution in [0.5, 0.6) is 0 Å². The van der Waals surface area contributed by atoms with Crippen LogP contribution in [-0.4, -0.2) is 81.3 Å². The molecule has 7 N–H and O–H groups in total. The fraction of sp³-hybridized carbons (Fsp3) is 0.600. The van der Waals surface area contributed by atoms with Crippen LogP contribution in [0, 0.1) is 10.8 Å². The Balaban J connectivity index is 1.73. The van der Waals surface area contributed by atoms with E-state index in [0.29, 0.717) is 53.6 Å². The van der Waals surface area contributed by atoms with Crippen LogP contribution in [0.2, 0.25) is 0 Å². The molecule has 2 heterocycles. The number of hydrogen-bond acceptors (Lipinski definition) is 8. The number of carbonyl (C=O) groups excluding carboxylic acids is 3. The molecule has 0 spiro atoms. The molecule has 1 unspecified atom stereocenters. The average molecular weight is 716 g/mol. The number of thiazole rings is 1. The molecule has 276 valence electrons. The predicted octanol–water partition coefficient (Wildman–Crippen LogP) is 5.51. The lowest BCUT2D eigenvalue weighted by atomic mass is 9.67. The third kappa shape index (κ3) is 11.1. The van der Waals surface area contributed by atoms with Gasteiger partial charge in [0, 0.05) is 44.1 Å². The third-order valence-corrected chi connectivity index (χ3v) is 9.77. The third-order valence-electron chi connectivity index (χ3n) is 8.75. The molecule has 1 fully saturated rings. The minimum atomic E-state index is -1.61. The Morgan fingerprint density at radius 3 is 2.02 bits per heavy atom. The second kappa shape index (κ2) is 17.0. The minimum absolute atomic E-state index is 0.114. The Kier molecular flexibility index (Phi) is 13.6. The van der Waals surface area contributed by atoms with Gasteiger partial charge in [0.2, 0.25) is 11.8 Å². The van der Waals surface area contributed by atoms with Crippen LogP contribution < -0.4 is 26.6 Å². The van der Waals surface area contributed by atoms with Crippen molar-refractivity contribution in [1.82, 2.24) is 25.8 Å². The summed E-state index contributed by atoms with van der Waals surface area (Å²) in [5.74, 6) is -0.486. The summed E-state index contributed by atoms with van der Waals surface area (Å²) in [6.07, 6.45) is 2.34. The normalized spacial score (nSPS) is 14.3. The van der Waals surface area contributed by atoms with Crippen LogP contribution in [0.4, 0.5) is 20.4 Å². The van der Waals surface area contributed by atoms with Crippen LogP contribution in [0.25, 0.3) is 0 Å². The predicted molar refractivity (Wildman–Crippen MR) is 194 cm³/mol. The topological polar surface area (TPSA) is 202 Å². The van der Waals surface area contributed by atoms with Crippen molar-refractivity contribution < 1.29 is 34.2 Å². The summed E-state index contributed by atoms with van der Waals surface area (Å²) in [5.41, 5.74) is -0.974. The highest BCUT2D eigenvalue weighted by Gasteiger charge is 2.55. The SMILES string of the molecule is CC(=O)Nc1nc(CCc2ccc(NC(C(C)(C)C)C(NC(=O)O)(NC(=O)O)C(C)(C)C)cc2)c(C(=O)NCCCC(=O)N2CCCCC2)s1. The molecular weight excluding hydrogens is 662 g/mol. The first-order valence-corrected chi connectivity index (χ1v) is 17.8. The van der Waals surface area contributed by atoms with E-state index in [9.17, 15) is 34.2 Å². The summed E-state index contributed by atoms with van der Waals surface area (Å²) in [6, 6.07) is 6.75. The quantitative estimate of drug-likeness (QED) is 0.0972. The van der Waals surface area contributed by atoms with E-state index in [1.54, 1.807) is 20.8 Å². The molecule has 3 rings (SSSR count). The van der Waals surface area contributed by atoms with Gasteiger partial charge in [-0.25, -0.2) is 14.6 Å². The Labute approximate surface area is 298 Å². The van der Waals surface area contributed by atoms with E-state index in [4.69, 9.17) is 0 Å². The van der Waals surface area contributed by atoms with Crippen LogP contribution in [0.3, 0.4) is 0 Å². The molecule has 1 aliphatic heterocycles. The highest BCUT2D eigenvalue weighted by Crippen LogP contribution is 2.40. The summed E-state index contributed by atoms with van der Waals surface area (Å²) in [5, 5.41) is 33.8. The van der Waals surface area contributed by atoms with Gasteiger partial charge in [0.1, 0.15) is 10.5 Å². The Morgan fingerprint density at radius 2 is 1.50 bits per heavy atom. The second-order valence-corrected chi connectivity index (χ2v) is 15.8. The molecule has 0 saturated carbocycles. The molecule has 50 heavy (non-hydrogen) atoms. The van der Waals surface area contributed by atoms with Crippen LogP contribution in [0.15, 0.2) is 24.3 Å². The van der Waals surface area contributed by atoms with Crippen molar-refractivity contribution in [3.8, 4) is 0 Å². The number of benzene rings is 1. The number of aryl methyl sites for hydroxylation is 2. The fourth-order valence-electron chi connectivity index (χ4n) is 6.22. The maximum absolute atomic E-state index is 13.2. The molecule has 5 amide bonds. The molecule has 1 aliphatic rings. The first-order chi connectivity index (χ1) is 23.3. The average Bonchev–Trinajstić information content (AvgIpc) is 3.41. The second-order valence-electron chi connectivity index (χ2n) is 14.8. The molecule has 0 bridgehead atoms. The van der Waals surface area contributed by atoms with E-state index < -0.39 is 34.7 Å². The van der Waals surface area contributed by atoms with E-state index in [2.05, 4.69) is 31.6 Å². The largest absolute Gasteiger partial charge is 0.465 e. The van der Waals surface area contributed by atoms with Crippen LogP contribution in [0.1, 0.15) is 101 Å². The summed E-state index contributed by atoms with van der Waals surface area (Å²) < 4.78 is 0. The van der Waals surface area contributed by atoms with Gasteiger partial charge in [0.15, 0.2) is 5.13 Å². The van der Waals surface area contributed by atoms with E-state index in [0.717, 1.165) is 49.3 Å². The zero-order valence-corrected chi connectivity index (χ0v) is 31.0. The van der Waals surface area contributed by atoms with Gasteiger partial charge in [-0.1, -0.05) is 65.0 Å².